The average Bonchev–Trinajstić information content (AvgIpc) is 3.12. The van der Waals surface area contributed by atoms with Crippen molar-refractivity contribution < 1.29 is 19.5 Å². The summed E-state index contributed by atoms with van der Waals surface area (Å²) in [5, 5.41) is 12.3. The fourth-order valence-electron chi connectivity index (χ4n) is 3.71. The summed E-state index contributed by atoms with van der Waals surface area (Å²) in [4.78, 5) is 38.4. The van der Waals surface area contributed by atoms with Gasteiger partial charge in [-0.1, -0.05) is 18.9 Å². The summed E-state index contributed by atoms with van der Waals surface area (Å²) >= 11 is 1.84. The lowest BCUT2D eigenvalue weighted by Crippen LogP contribution is -2.37. The van der Waals surface area contributed by atoms with Gasteiger partial charge in [0.15, 0.2) is 0 Å². The molecule has 0 atom stereocenters. The van der Waals surface area contributed by atoms with Crippen molar-refractivity contribution in [2.75, 3.05) is 29.9 Å². The standard InChI is InChI=1S/C19H24N2O4S/c22-16(13-19(18(24)25)6-1-2-7-19)20-15-5-3-4-14(12-15)17(23)21-8-10-26-11-9-21/h3-5,12H,1-2,6-11,13H2,(H,20,22)(H,24,25). The van der Waals surface area contributed by atoms with Crippen LogP contribution in [0.2, 0.25) is 0 Å². The molecule has 0 unspecified atom stereocenters. The third-order valence-corrected chi connectivity index (χ3v) is 6.15. The zero-order chi connectivity index (χ0) is 18.6. The van der Waals surface area contributed by atoms with Gasteiger partial charge in [-0.05, 0) is 31.0 Å². The van der Waals surface area contributed by atoms with Crippen molar-refractivity contribution in [1.29, 1.82) is 0 Å². The summed E-state index contributed by atoms with van der Waals surface area (Å²) in [5.74, 6) is 0.656. The first-order valence-corrected chi connectivity index (χ1v) is 10.2. The predicted octanol–water partition coefficient (Wildman–Crippen LogP) is 2.85. The average molecular weight is 376 g/mol. The van der Waals surface area contributed by atoms with Gasteiger partial charge in [-0.25, -0.2) is 0 Å². The van der Waals surface area contributed by atoms with Crippen LogP contribution in [0.25, 0.3) is 0 Å². The second kappa shape index (κ2) is 8.12. The number of carbonyl (C=O) groups excluding carboxylic acids is 2. The van der Waals surface area contributed by atoms with Gasteiger partial charge < -0.3 is 15.3 Å². The number of carboxylic acid groups (broad SMARTS) is 1. The molecule has 1 saturated carbocycles. The van der Waals surface area contributed by atoms with Crippen LogP contribution >= 0.6 is 11.8 Å². The number of thioether (sulfide) groups is 1. The van der Waals surface area contributed by atoms with Crippen LogP contribution in [-0.4, -0.2) is 52.4 Å². The molecule has 1 aliphatic heterocycles. The van der Waals surface area contributed by atoms with E-state index in [0.29, 0.717) is 24.1 Å². The number of amides is 2. The summed E-state index contributed by atoms with van der Waals surface area (Å²) in [6.07, 6.45) is 2.75. The Kier molecular flexibility index (Phi) is 5.86. The first-order valence-electron chi connectivity index (χ1n) is 9.00. The lowest BCUT2D eigenvalue weighted by Gasteiger charge is -2.26. The van der Waals surface area contributed by atoms with Crippen molar-refractivity contribution in [3.8, 4) is 0 Å². The van der Waals surface area contributed by atoms with E-state index in [1.165, 1.54) is 0 Å². The minimum atomic E-state index is -0.941. The minimum Gasteiger partial charge on any atom is -0.481 e. The molecule has 1 aromatic carbocycles. The highest BCUT2D eigenvalue weighted by Crippen LogP contribution is 2.41. The monoisotopic (exact) mass is 376 g/mol. The van der Waals surface area contributed by atoms with Crippen LogP contribution in [0, 0.1) is 5.41 Å². The van der Waals surface area contributed by atoms with Crippen LogP contribution < -0.4 is 5.32 Å². The molecule has 7 heteroatoms. The number of benzene rings is 1. The van der Waals surface area contributed by atoms with Gasteiger partial charge in [-0.2, -0.15) is 11.8 Å². The minimum absolute atomic E-state index is 0.0240. The van der Waals surface area contributed by atoms with Gasteiger partial charge in [0.05, 0.1) is 5.41 Å². The molecular weight excluding hydrogens is 352 g/mol. The number of nitrogens with one attached hydrogen (secondary N) is 1. The fraction of sp³-hybridized carbons (Fsp3) is 0.526. The number of carbonyl (C=O) groups is 3. The summed E-state index contributed by atoms with van der Waals surface area (Å²) in [6.45, 7) is 1.47. The lowest BCUT2D eigenvalue weighted by molar-refractivity contribution is -0.150. The zero-order valence-corrected chi connectivity index (χ0v) is 15.5. The Morgan fingerprint density at radius 2 is 1.85 bits per heavy atom. The van der Waals surface area contributed by atoms with Gasteiger partial charge in [0.1, 0.15) is 0 Å². The summed E-state index contributed by atoms with van der Waals surface area (Å²) in [5.41, 5.74) is 0.137. The SMILES string of the molecule is O=C(CC1(C(=O)O)CCCC1)Nc1cccc(C(=O)N2CCSCC2)c1. The normalized spacial score (nSPS) is 19.2. The number of rotatable bonds is 5. The number of nitrogens with zero attached hydrogens (tertiary/aromatic N) is 1. The van der Waals surface area contributed by atoms with E-state index in [0.717, 1.165) is 37.4 Å². The van der Waals surface area contributed by atoms with Crippen molar-refractivity contribution in [2.24, 2.45) is 5.41 Å². The molecule has 0 aromatic heterocycles. The molecule has 2 aliphatic rings. The Labute approximate surface area is 157 Å². The Hall–Kier alpha value is -2.02. The number of carboxylic acids is 1. The number of hydrogen-bond acceptors (Lipinski definition) is 4. The Balaban J connectivity index is 1.65. The fourth-order valence-corrected chi connectivity index (χ4v) is 4.61. The summed E-state index contributed by atoms with van der Waals surface area (Å²) in [6, 6.07) is 6.88. The Morgan fingerprint density at radius 3 is 2.50 bits per heavy atom. The topological polar surface area (TPSA) is 86.7 Å². The lowest BCUT2D eigenvalue weighted by atomic mass is 9.82. The molecule has 2 fully saturated rings. The number of aliphatic carboxylic acids is 1. The molecule has 1 aromatic rings. The van der Waals surface area contributed by atoms with E-state index in [1.54, 1.807) is 24.3 Å². The smallest absolute Gasteiger partial charge is 0.310 e. The molecule has 1 aliphatic carbocycles. The quantitative estimate of drug-likeness (QED) is 0.825. The largest absolute Gasteiger partial charge is 0.481 e. The van der Waals surface area contributed by atoms with Gasteiger partial charge in [0, 0.05) is 42.3 Å². The second-order valence-electron chi connectivity index (χ2n) is 7.00. The van der Waals surface area contributed by atoms with Crippen LogP contribution in [0.4, 0.5) is 5.69 Å². The van der Waals surface area contributed by atoms with E-state index >= 15 is 0 Å². The highest BCUT2D eigenvalue weighted by molar-refractivity contribution is 7.99. The van der Waals surface area contributed by atoms with Gasteiger partial charge >= 0.3 is 5.97 Å². The van der Waals surface area contributed by atoms with Crippen LogP contribution in [-0.2, 0) is 9.59 Å². The molecular formula is C19H24N2O4S. The maximum atomic E-state index is 12.6. The van der Waals surface area contributed by atoms with E-state index in [-0.39, 0.29) is 18.2 Å². The number of anilines is 1. The zero-order valence-electron chi connectivity index (χ0n) is 14.7. The van der Waals surface area contributed by atoms with E-state index in [4.69, 9.17) is 0 Å². The molecule has 3 rings (SSSR count). The maximum absolute atomic E-state index is 12.6. The van der Waals surface area contributed by atoms with Crippen LogP contribution in [0.3, 0.4) is 0 Å². The molecule has 1 heterocycles. The van der Waals surface area contributed by atoms with Crippen molar-refractivity contribution in [3.05, 3.63) is 29.8 Å². The summed E-state index contributed by atoms with van der Waals surface area (Å²) < 4.78 is 0. The third kappa shape index (κ3) is 4.20. The van der Waals surface area contributed by atoms with Crippen LogP contribution in [0.1, 0.15) is 42.5 Å². The van der Waals surface area contributed by atoms with Crippen LogP contribution in [0.5, 0.6) is 0 Å². The Morgan fingerprint density at radius 1 is 1.15 bits per heavy atom. The van der Waals surface area contributed by atoms with Crippen molar-refractivity contribution in [1.82, 2.24) is 4.90 Å². The number of hydrogen-bond donors (Lipinski definition) is 2. The summed E-state index contributed by atoms with van der Waals surface area (Å²) in [7, 11) is 0. The van der Waals surface area contributed by atoms with Gasteiger partial charge in [0.2, 0.25) is 5.91 Å². The molecule has 140 valence electrons. The van der Waals surface area contributed by atoms with Crippen LogP contribution in [0.15, 0.2) is 24.3 Å². The molecule has 1 saturated heterocycles. The first kappa shape index (κ1) is 18.8. The van der Waals surface area contributed by atoms with E-state index in [1.807, 2.05) is 16.7 Å². The molecule has 6 nitrogen and oxygen atoms in total. The van der Waals surface area contributed by atoms with Gasteiger partial charge in [-0.3, -0.25) is 14.4 Å². The Bertz CT molecular complexity index is 695. The van der Waals surface area contributed by atoms with Gasteiger partial charge in [-0.15, -0.1) is 0 Å². The molecule has 2 N–H and O–H groups in total. The van der Waals surface area contributed by atoms with E-state index < -0.39 is 11.4 Å². The first-order chi connectivity index (χ1) is 12.5. The molecule has 26 heavy (non-hydrogen) atoms. The predicted molar refractivity (Wildman–Crippen MR) is 101 cm³/mol. The van der Waals surface area contributed by atoms with Crippen molar-refractivity contribution in [2.45, 2.75) is 32.1 Å². The van der Waals surface area contributed by atoms with Gasteiger partial charge in [0.25, 0.3) is 5.91 Å². The van der Waals surface area contributed by atoms with Crippen molar-refractivity contribution >= 4 is 35.2 Å². The molecule has 0 bridgehead atoms. The van der Waals surface area contributed by atoms with E-state index in [2.05, 4.69) is 5.32 Å². The maximum Gasteiger partial charge on any atom is 0.310 e. The molecule has 0 spiro atoms. The third-order valence-electron chi connectivity index (χ3n) is 5.20. The molecule has 0 radical (unpaired) electrons. The molecule has 2 amide bonds. The van der Waals surface area contributed by atoms with E-state index in [9.17, 15) is 19.5 Å². The highest BCUT2D eigenvalue weighted by Gasteiger charge is 2.42. The van der Waals surface area contributed by atoms with Crippen molar-refractivity contribution in [3.63, 3.8) is 0 Å². The second-order valence-corrected chi connectivity index (χ2v) is 8.23. The highest BCUT2D eigenvalue weighted by atomic mass is 32.2.